The molecular weight excluding hydrogens is 580 g/mol. The average molecular weight is 615 g/mol. The summed E-state index contributed by atoms with van der Waals surface area (Å²) in [6, 6.07) is 8.57. The Labute approximate surface area is 241 Å². The Morgan fingerprint density at radius 3 is 2.33 bits per heavy atom. The number of alkyl halides is 3. The minimum Gasteiger partial charge on any atom is -0.475 e. The molecule has 2 aromatic carbocycles. The third-order valence-electron chi connectivity index (χ3n) is 7.08. The zero-order valence-corrected chi connectivity index (χ0v) is 24.0. The molecule has 1 amide bonds. The second-order valence-electron chi connectivity index (χ2n) is 9.92. The number of hydrogen-bond acceptors (Lipinski definition) is 5. The van der Waals surface area contributed by atoms with Crippen molar-refractivity contribution in [2.24, 2.45) is 5.73 Å². The third-order valence-corrected chi connectivity index (χ3v) is 8.96. The van der Waals surface area contributed by atoms with Crippen molar-refractivity contribution in [2.75, 3.05) is 25.4 Å². The standard InChI is InChI=1S/C26H33FN4O3S.C2HF3O2/c1-3-9-29-15-17-5-6-24(27)20(12-17)19-13-21-23(16-30-25(21)22(14-19)26(28)32)18-7-10-31(11-8-18)35(33,34)4-2;3-2(4,5)1(6)7/h5-6,12-14,16,18,29-30H,3-4,7-11,15H2,1-2H3,(H2,28,32);(H,6,7). The maximum absolute atomic E-state index is 14.9. The minimum atomic E-state index is -5.08. The highest BCUT2D eigenvalue weighted by Gasteiger charge is 2.38. The molecule has 0 radical (unpaired) electrons. The molecule has 1 aliphatic rings. The Balaban J connectivity index is 0.000000616. The van der Waals surface area contributed by atoms with Gasteiger partial charge in [0.25, 0.3) is 5.91 Å². The number of carboxylic acids is 1. The van der Waals surface area contributed by atoms with Gasteiger partial charge in [-0.15, -0.1) is 0 Å². The number of carbonyl (C=O) groups is 2. The summed E-state index contributed by atoms with van der Waals surface area (Å²) in [6.07, 6.45) is -0.853. The van der Waals surface area contributed by atoms with Gasteiger partial charge in [0.15, 0.2) is 0 Å². The number of H-pyrrole nitrogens is 1. The van der Waals surface area contributed by atoms with E-state index in [-0.39, 0.29) is 17.5 Å². The number of nitrogens with one attached hydrogen (secondary N) is 2. The number of aromatic nitrogens is 1. The molecule has 1 fully saturated rings. The highest BCUT2D eigenvalue weighted by Crippen LogP contribution is 2.37. The van der Waals surface area contributed by atoms with Gasteiger partial charge in [0.2, 0.25) is 10.0 Å². The van der Waals surface area contributed by atoms with Crippen LogP contribution in [0, 0.1) is 5.82 Å². The van der Waals surface area contributed by atoms with E-state index in [1.165, 1.54) is 6.07 Å². The molecule has 9 nitrogen and oxygen atoms in total. The zero-order valence-electron chi connectivity index (χ0n) is 23.2. The Bertz CT molecular complexity index is 1530. The zero-order chi connectivity index (χ0) is 31.2. The fraction of sp³-hybridized carbons (Fsp3) is 0.429. The Morgan fingerprint density at radius 1 is 1.14 bits per heavy atom. The van der Waals surface area contributed by atoms with E-state index in [1.807, 2.05) is 18.3 Å². The van der Waals surface area contributed by atoms with Gasteiger partial charge in [0.05, 0.1) is 16.8 Å². The first-order valence-electron chi connectivity index (χ1n) is 13.4. The van der Waals surface area contributed by atoms with Crippen molar-refractivity contribution in [3.05, 3.63) is 59.0 Å². The molecular formula is C28H34F4N4O5S. The van der Waals surface area contributed by atoms with Crippen molar-refractivity contribution in [1.29, 1.82) is 0 Å². The number of sulfonamides is 1. The fourth-order valence-corrected chi connectivity index (χ4v) is 6.01. The predicted molar refractivity (Wildman–Crippen MR) is 151 cm³/mol. The number of piperidine rings is 1. The molecule has 42 heavy (non-hydrogen) atoms. The number of aromatic amines is 1. The van der Waals surface area contributed by atoms with E-state index in [1.54, 1.807) is 23.4 Å². The first-order valence-corrected chi connectivity index (χ1v) is 15.0. The predicted octanol–water partition coefficient (Wildman–Crippen LogP) is 4.73. The van der Waals surface area contributed by atoms with Gasteiger partial charge in [-0.1, -0.05) is 13.0 Å². The molecule has 0 bridgehead atoms. The fourth-order valence-electron chi connectivity index (χ4n) is 4.88. The number of hydrogen-bond donors (Lipinski definition) is 4. The van der Waals surface area contributed by atoms with Gasteiger partial charge in [0.1, 0.15) is 5.82 Å². The van der Waals surface area contributed by atoms with Crippen LogP contribution < -0.4 is 11.1 Å². The second-order valence-corrected chi connectivity index (χ2v) is 12.2. The lowest BCUT2D eigenvalue weighted by atomic mass is 9.88. The van der Waals surface area contributed by atoms with Gasteiger partial charge < -0.3 is 21.1 Å². The third kappa shape index (κ3) is 7.86. The lowest BCUT2D eigenvalue weighted by molar-refractivity contribution is -0.192. The normalized spacial score (nSPS) is 14.9. The Kier molecular flexibility index (Phi) is 10.7. The summed E-state index contributed by atoms with van der Waals surface area (Å²) in [5, 5.41) is 11.3. The second kappa shape index (κ2) is 13.7. The maximum Gasteiger partial charge on any atom is 0.490 e. The number of amides is 1. The van der Waals surface area contributed by atoms with Crippen molar-refractivity contribution < 1.29 is 40.7 Å². The number of fused-ring (bicyclic) bond motifs is 1. The van der Waals surface area contributed by atoms with E-state index in [0.717, 1.165) is 29.5 Å². The van der Waals surface area contributed by atoms with Crippen LogP contribution in [0.1, 0.15) is 60.5 Å². The van der Waals surface area contributed by atoms with Crippen LogP contribution in [-0.4, -0.2) is 66.3 Å². The lowest BCUT2D eigenvalue weighted by Crippen LogP contribution is -2.38. The summed E-state index contributed by atoms with van der Waals surface area (Å²) in [6.45, 7) is 6.15. The Morgan fingerprint density at radius 2 is 1.79 bits per heavy atom. The number of primary amides is 1. The summed E-state index contributed by atoms with van der Waals surface area (Å²) in [4.78, 5) is 24.4. The van der Waals surface area contributed by atoms with Crippen LogP contribution in [0.4, 0.5) is 17.6 Å². The Hall–Kier alpha value is -3.49. The SMILES string of the molecule is CCCNCc1ccc(F)c(-c2cc(C(N)=O)c3[nH]cc(C4CCN(S(=O)(=O)CC)CC4)c3c2)c1.O=C(O)C(F)(F)F. The number of nitrogens with zero attached hydrogens (tertiary/aromatic N) is 1. The van der Waals surface area contributed by atoms with Crippen LogP contribution in [0.5, 0.6) is 0 Å². The molecule has 5 N–H and O–H groups in total. The van der Waals surface area contributed by atoms with E-state index in [4.69, 9.17) is 15.6 Å². The number of carboxylic acid groups (broad SMARTS) is 1. The van der Waals surface area contributed by atoms with Crippen molar-refractivity contribution in [3.8, 4) is 11.1 Å². The maximum atomic E-state index is 14.9. The molecule has 3 aromatic rings. The molecule has 0 unspecified atom stereocenters. The van der Waals surface area contributed by atoms with Crippen LogP contribution in [-0.2, 0) is 21.4 Å². The van der Waals surface area contributed by atoms with Crippen LogP contribution in [0.25, 0.3) is 22.0 Å². The van der Waals surface area contributed by atoms with Gasteiger partial charge in [-0.3, -0.25) is 4.79 Å². The smallest absolute Gasteiger partial charge is 0.475 e. The molecule has 1 aliphatic heterocycles. The van der Waals surface area contributed by atoms with E-state index in [2.05, 4.69) is 17.2 Å². The summed E-state index contributed by atoms with van der Waals surface area (Å²) in [5.41, 5.74) is 9.60. The molecule has 4 rings (SSSR count). The van der Waals surface area contributed by atoms with E-state index < -0.39 is 28.1 Å². The van der Waals surface area contributed by atoms with Gasteiger partial charge in [0, 0.05) is 36.8 Å². The highest BCUT2D eigenvalue weighted by molar-refractivity contribution is 7.89. The topological polar surface area (TPSA) is 146 Å². The van der Waals surface area contributed by atoms with E-state index in [0.29, 0.717) is 54.7 Å². The number of aliphatic carboxylic acids is 1. The van der Waals surface area contributed by atoms with E-state index >= 15 is 0 Å². The number of rotatable bonds is 9. The van der Waals surface area contributed by atoms with Gasteiger partial charge in [-0.2, -0.15) is 13.2 Å². The molecule has 2 heterocycles. The first-order chi connectivity index (χ1) is 19.7. The number of carbonyl (C=O) groups excluding carboxylic acids is 1. The molecule has 0 spiro atoms. The molecule has 230 valence electrons. The number of nitrogens with two attached hydrogens (primary N) is 1. The summed E-state index contributed by atoms with van der Waals surface area (Å²) < 4.78 is 72.7. The quantitative estimate of drug-likeness (QED) is 0.203. The van der Waals surface area contributed by atoms with Crippen molar-refractivity contribution in [1.82, 2.24) is 14.6 Å². The van der Waals surface area contributed by atoms with Crippen LogP contribution in [0.15, 0.2) is 36.5 Å². The summed E-state index contributed by atoms with van der Waals surface area (Å²) in [7, 11) is -3.22. The van der Waals surface area contributed by atoms with Gasteiger partial charge in [-0.25, -0.2) is 21.9 Å². The van der Waals surface area contributed by atoms with E-state index in [9.17, 15) is 30.8 Å². The largest absolute Gasteiger partial charge is 0.490 e. The van der Waals surface area contributed by atoms with Crippen LogP contribution in [0.2, 0.25) is 0 Å². The molecule has 1 saturated heterocycles. The molecule has 1 aromatic heterocycles. The van der Waals surface area contributed by atoms with Crippen LogP contribution in [0.3, 0.4) is 0 Å². The minimum absolute atomic E-state index is 0.0919. The van der Waals surface area contributed by atoms with Crippen LogP contribution >= 0.6 is 0 Å². The molecule has 14 heteroatoms. The van der Waals surface area contributed by atoms with Crippen molar-refractivity contribution in [2.45, 2.75) is 51.7 Å². The number of halogens is 4. The highest BCUT2D eigenvalue weighted by atomic mass is 32.2. The van der Waals surface area contributed by atoms with Crippen molar-refractivity contribution >= 4 is 32.8 Å². The first kappa shape index (κ1) is 33.0. The average Bonchev–Trinajstić information content (AvgIpc) is 3.37. The summed E-state index contributed by atoms with van der Waals surface area (Å²) >= 11 is 0. The molecule has 0 aliphatic carbocycles. The molecule has 0 saturated carbocycles. The number of benzene rings is 2. The monoisotopic (exact) mass is 614 g/mol. The van der Waals surface area contributed by atoms with Gasteiger partial charge in [-0.05, 0) is 79.6 Å². The molecule has 0 atom stereocenters. The summed E-state index contributed by atoms with van der Waals surface area (Å²) in [5.74, 6) is -3.50. The van der Waals surface area contributed by atoms with Gasteiger partial charge >= 0.3 is 12.1 Å². The lowest BCUT2D eigenvalue weighted by Gasteiger charge is -2.31. The van der Waals surface area contributed by atoms with Crippen molar-refractivity contribution in [3.63, 3.8) is 0 Å².